The first-order valence-electron chi connectivity index (χ1n) is 6.02. The zero-order chi connectivity index (χ0) is 12.0. The van der Waals surface area contributed by atoms with Crippen LogP contribution in [0, 0.1) is 5.92 Å². The van der Waals surface area contributed by atoms with E-state index < -0.39 is 11.0 Å². The lowest BCUT2D eigenvalue weighted by molar-refractivity contribution is 0.0646. The van der Waals surface area contributed by atoms with Crippen molar-refractivity contribution in [2.45, 2.75) is 51.2 Å². The average molecular weight is 245 g/mol. The van der Waals surface area contributed by atoms with Crippen LogP contribution in [0.25, 0.3) is 0 Å². The Bertz CT molecular complexity index is 252. The van der Waals surface area contributed by atoms with Crippen LogP contribution in [0.1, 0.15) is 46.5 Å². The predicted molar refractivity (Wildman–Crippen MR) is 69.2 cm³/mol. The molecular weight excluding hydrogens is 222 g/mol. The van der Waals surface area contributed by atoms with E-state index in [4.69, 9.17) is 4.74 Å². The molecule has 1 atom stereocenters. The summed E-state index contributed by atoms with van der Waals surface area (Å²) in [5.41, 5.74) is 0. The van der Waals surface area contributed by atoms with Crippen LogP contribution in [0.2, 0.25) is 0 Å². The fraction of sp³-hybridized carbons (Fsp3) is 0.917. The molecule has 0 N–H and O–H groups in total. The summed E-state index contributed by atoms with van der Waals surface area (Å²) in [6.45, 7) is 7.63. The van der Waals surface area contributed by atoms with Crippen molar-refractivity contribution in [2.75, 3.05) is 13.2 Å². The van der Waals surface area contributed by atoms with Crippen molar-refractivity contribution in [3.8, 4) is 0 Å². The monoisotopic (exact) mass is 245 g/mol. The van der Waals surface area contributed by atoms with Crippen molar-refractivity contribution in [3.05, 3.63) is 0 Å². The SMILES string of the molecule is CC(C)(C)[S@](=O)N=CCCC1CCOCC1. The summed E-state index contributed by atoms with van der Waals surface area (Å²) in [6.07, 6.45) is 6.24. The zero-order valence-electron chi connectivity index (χ0n) is 10.6. The maximum Gasteiger partial charge on any atom is 0.144 e. The summed E-state index contributed by atoms with van der Waals surface area (Å²) in [4.78, 5) is 0. The molecule has 0 unspecified atom stereocenters. The van der Waals surface area contributed by atoms with Gasteiger partial charge in [0.1, 0.15) is 11.0 Å². The molecule has 1 fully saturated rings. The average Bonchev–Trinajstić information content (AvgIpc) is 2.24. The van der Waals surface area contributed by atoms with Gasteiger partial charge in [0.2, 0.25) is 0 Å². The second-order valence-corrected chi connectivity index (χ2v) is 7.22. The molecule has 3 nitrogen and oxygen atoms in total. The van der Waals surface area contributed by atoms with Gasteiger partial charge in [-0.3, -0.25) is 0 Å². The Morgan fingerprint density at radius 1 is 1.38 bits per heavy atom. The summed E-state index contributed by atoms with van der Waals surface area (Å²) in [5, 5.41) is 0. The van der Waals surface area contributed by atoms with Crippen LogP contribution in [0.5, 0.6) is 0 Å². The van der Waals surface area contributed by atoms with Crippen LogP contribution >= 0.6 is 0 Å². The Labute approximate surface area is 101 Å². The summed E-state index contributed by atoms with van der Waals surface area (Å²) in [6, 6.07) is 0. The minimum atomic E-state index is -1.10. The molecule has 0 aromatic heterocycles. The molecule has 0 amide bonds. The van der Waals surface area contributed by atoms with Gasteiger partial charge in [-0.25, -0.2) is 4.21 Å². The predicted octanol–water partition coefficient (Wildman–Crippen LogP) is 2.73. The normalized spacial score (nSPS) is 21.4. The van der Waals surface area contributed by atoms with Crippen molar-refractivity contribution in [3.63, 3.8) is 0 Å². The van der Waals surface area contributed by atoms with E-state index in [0.717, 1.165) is 44.8 Å². The highest BCUT2D eigenvalue weighted by Crippen LogP contribution is 2.19. The fourth-order valence-corrected chi connectivity index (χ4v) is 2.18. The summed E-state index contributed by atoms with van der Waals surface area (Å²) in [5.74, 6) is 0.767. The third kappa shape index (κ3) is 5.21. The quantitative estimate of drug-likeness (QED) is 0.714. The minimum absolute atomic E-state index is 0.241. The Morgan fingerprint density at radius 2 is 2.00 bits per heavy atom. The van der Waals surface area contributed by atoms with Crippen molar-refractivity contribution in [1.29, 1.82) is 0 Å². The van der Waals surface area contributed by atoms with E-state index in [2.05, 4.69) is 4.40 Å². The second-order valence-electron chi connectivity index (χ2n) is 5.28. The highest BCUT2D eigenvalue weighted by atomic mass is 32.2. The van der Waals surface area contributed by atoms with Gasteiger partial charge in [-0.2, -0.15) is 4.40 Å². The maximum absolute atomic E-state index is 11.6. The molecule has 1 saturated heterocycles. The molecule has 1 aliphatic heterocycles. The van der Waals surface area contributed by atoms with Crippen LogP contribution in [0.3, 0.4) is 0 Å². The highest BCUT2D eigenvalue weighted by molar-refractivity contribution is 7.85. The van der Waals surface area contributed by atoms with Gasteiger partial charge in [-0.05, 0) is 52.4 Å². The van der Waals surface area contributed by atoms with Crippen LogP contribution < -0.4 is 0 Å². The highest BCUT2D eigenvalue weighted by Gasteiger charge is 2.18. The third-order valence-electron chi connectivity index (χ3n) is 2.74. The van der Waals surface area contributed by atoms with Gasteiger partial charge in [-0.1, -0.05) is 0 Å². The van der Waals surface area contributed by atoms with E-state index in [1.54, 1.807) is 0 Å². The van der Waals surface area contributed by atoms with Gasteiger partial charge in [0.15, 0.2) is 0 Å². The largest absolute Gasteiger partial charge is 0.381 e. The molecule has 4 heteroatoms. The Morgan fingerprint density at radius 3 is 2.56 bits per heavy atom. The Hall–Kier alpha value is -0.220. The lowest BCUT2D eigenvalue weighted by Crippen LogP contribution is -2.19. The minimum Gasteiger partial charge on any atom is -0.381 e. The lowest BCUT2D eigenvalue weighted by Gasteiger charge is -2.21. The first-order valence-corrected chi connectivity index (χ1v) is 7.13. The van der Waals surface area contributed by atoms with Gasteiger partial charge in [0.25, 0.3) is 0 Å². The number of nitrogens with zero attached hydrogens (tertiary/aromatic N) is 1. The summed E-state index contributed by atoms with van der Waals surface area (Å²) >= 11 is 0. The van der Waals surface area contributed by atoms with Gasteiger partial charge in [-0.15, -0.1) is 0 Å². The van der Waals surface area contributed by atoms with Crippen LogP contribution in [0.4, 0.5) is 0 Å². The smallest absolute Gasteiger partial charge is 0.144 e. The standard InChI is InChI=1S/C12H23NO2S/c1-12(2,3)16(14)13-8-4-5-11-6-9-15-10-7-11/h8,11H,4-7,9-10H2,1-3H3/t16-/m0/s1. The molecule has 16 heavy (non-hydrogen) atoms. The first kappa shape index (κ1) is 13.8. The summed E-state index contributed by atoms with van der Waals surface area (Å²) < 4.78 is 20.8. The molecule has 0 aromatic rings. The van der Waals surface area contributed by atoms with E-state index in [1.807, 2.05) is 27.0 Å². The van der Waals surface area contributed by atoms with E-state index in [0.29, 0.717) is 0 Å². The van der Waals surface area contributed by atoms with Crippen molar-refractivity contribution in [2.24, 2.45) is 10.3 Å². The van der Waals surface area contributed by atoms with Crippen LogP contribution in [0.15, 0.2) is 4.40 Å². The molecule has 0 spiro atoms. The van der Waals surface area contributed by atoms with Crippen molar-refractivity contribution >= 4 is 17.2 Å². The molecule has 0 saturated carbocycles. The second kappa shape index (κ2) is 6.50. The molecule has 1 aliphatic rings. The molecule has 94 valence electrons. The zero-order valence-corrected chi connectivity index (χ0v) is 11.4. The van der Waals surface area contributed by atoms with Crippen molar-refractivity contribution in [1.82, 2.24) is 0 Å². The number of ether oxygens (including phenoxy) is 1. The molecule has 1 rings (SSSR count). The Balaban J connectivity index is 2.19. The van der Waals surface area contributed by atoms with Gasteiger partial charge in [0, 0.05) is 19.4 Å². The third-order valence-corrected chi connectivity index (χ3v) is 4.13. The van der Waals surface area contributed by atoms with Gasteiger partial charge in [0.05, 0.1) is 4.75 Å². The first-order chi connectivity index (χ1) is 7.50. The number of rotatable bonds is 4. The van der Waals surface area contributed by atoms with Gasteiger partial charge < -0.3 is 4.74 Å². The van der Waals surface area contributed by atoms with E-state index in [1.165, 1.54) is 0 Å². The van der Waals surface area contributed by atoms with Gasteiger partial charge >= 0.3 is 0 Å². The van der Waals surface area contributed by atoms with E-state index in [9.17, 15) is 4.21 Å². The number of hydrogen-bond donors (Lipinski definition) is 0. The molecule has 0 aliphatic carbocycles. The molecule has 0 bridgehead atoms. The van der Waals surface area contributed by atoms with E-state index in [-0.39, 0.29) is 4.75 Å². The van der Waals surface area contributed by atoms with Crippen LogP contribution in [-0.2, 0) is 15.7 Å². The molecule has 1 heterocycles. The fourth-order valence-electron chi connectivity index (χ4n) is 1.62. The topological polar surface area (TPSA) is 38.7 Å². The summed E-state index contributed by atoms with van der Waals surface area (Å²) in [7, 11) is -1.10. The van der Waals surface area contributed by atoms with E-state index >= 15 is 0 Å². The Kier molecular flexibility index (Phi) is 5.62. The number of hydrogen-bond acceptors (Lipinski definition) is 2. The molecule has 0 radical (unpaired) electrons. The molecular formula is C12H23NO2S. The lowest BCUT2D eigenvalue weighted by atomic mass is 9.95. The van der Waals surface area contributed by atoms with Crippen LogP contribution in [-0.4, -0.2) is 28.4 Å². The van der Waals surface area contributed by atoms with Crippen molar-refractivity contribution < 1.29 is 8.95 Å². The maximum atomic E-state index is 11.6. The molecule has 0 aromatic carbocycles.